The van der Waals surface area contributed by atoms with Crippen molar-refractivity contribution in [3.63, 3.8) is 0 Å². The molecular weight excluding hydrogens is 393 g/mol. The summed E-state index contributed by atoms with van der Waals surface area (Å²) in [5.41, 5.74) is 0.777. The quantitative estimate of drug-likeness (QED) is 0.613. The first-order valence-electron chi connectivity index (χ1n) is 9.44. The van der Waals surface area contributed by atoms with Gasteiger partial charge in [0.05, 0.1) is 4.70 Å². The van der Waals surface area contributed by atoms with Crippen molar-refractivity contribution >= 4 is 32.6 Å². The molecule has 1 aliphatic rings. The fourth-order valence-electron chi connectivity index (χ4n) is 3.18. The van der Waals surface area contributed by atoms with Gasteiger partial charge in [0.25, 0.3) is 5.91 Å². The Morgan fingerprint density at radius 2 is 1.93 bits per heavy atom. The molecule has 0 aliphatic carbocycles. The topological polar surface area (TPSA) is 54.9 Å². The summed E-state index contributed by atoms with van der Waals surface area (Å²) < 4.78 is 26.0. The number of thiazole rings is 1. The molecule has 0 saturated carbocycles. The van der Waals surface area contributed by atoms with E-state index in [0.717, 1.165) is 13.0 Å². The van der Waals surface area contributed by atoms with Crippen molar-refractivity contribution < 1.29 is 18.7 Å². The number of anilines is 1. The summed E-state index contributed by atoms with van der Waals surface area (Å²) in [6, 6.07) is 10.0. The number of fused-ring (bicyclic) bond motifs is 2. The van der Waals surface area contributed by atoms with Crippen LogP contribution in [0.1, 0.15) is 16.8 Å². The van der Waals surface area contributed by atoms with Crippen molar-refractivity contribution in [2.45, 2.75) is 6.42 Å². The minimum Gasteiger partial charge on any atom is -0.486 e. The molecule has 0 fully saturated rings. The molecule has 0 atom stereocenters. The summed E-state index contributed by atoms with van der Waals surface area (Å²) in [7, 11) is 3.97. The summed E-state index contributed by atoms with van der Waals surface area (Å²) in [5.74, 6) is 0.616. The summed E-state index contributed by atoms with van der Waals surface area (Å²) in [6.07, 6.45) is 0.766. The zero-order valence-electron chi connectivity index (χ0n) is 16.4. The molecule has 1 aliphatic heterocycles. The summed E-state index contributed by atoms with van der Waals surface area (Å²) in [4.78, 5) is 21.5. The number of amides is 1. The minimum absolute atomic E-state index is 0.194. The predicted octanol–water partition coefficient (Wildman–Crippen LogP) is 3.81. The number of benzene rings is 2. The van der Waals surface area contributed by atoms with Gasteiger partial charge in [-0.1, -0.05) is 17.4 Å². The summed E-state index contributed by atoms with van der Waals surface area (Å²) in [6.45, 7) is 2.25. The van der Waals surface area contributed by atoms with E-state index in [4.69, 9.17) is 9.47 Å². The van der Waals surface area contributed by atoms with Crippen molar-refractivity contribution in [3.8, 4) is 11.5 Å². The zero-order chi connectivity index (χ0) is 20.4. The monoisotopic (exact) mass is 415 g/mol. The Balaban J connectivity index is 1.67. The molecule has 2 aromatic carbocycles. The highest BCUT2D eigenvalue weighted by Gasteiger charge is 2.24. The minimum atomic E-state index is -0.384. The summed E-state index contributed by atoms with van der Waals surface area (Å²) >= 11 is 1.31. The van der Waals surface area contributed by atoms with Crippen molar-refractivity contribution in [3.05, 3.63) is 47.8 Å². The lowest BCUT2D eigenvalue weighted by molar-refractivity contribution is 0.0984. The third-order valence-corrected chi connectivity index (χ3v) is 5.65. The second-order valence-corrected chi connectivity index (χ2v) is 8.06. The molecular formula is C21H22FN3O3S. The number of carbonyl (C=O) groups excluding carboxylic acids is 1. The Bertz CT molecular complexity index is 1040. The second-order valence-electron chi connectivity index (χ2n) is 7.06. The van der Waals surface area contributed by atoms with Crippen molar-refractivity contribution in [2.75, 3.05) is 45.3 Å². The standard InChI is InChI=1S/C21H22FN3O3S/c1-24(2)9-4-10-25(21-23-19-15(22)5-3-6-18(19)29-21)20(26)14-7-8-16-17(13-14)28-12-11-27-16/h3,5-8,13H,4,9-12H2,1-2H3. The molecule has 0 saturated heterocycles. The Morgan fingerprint density at radius 1 is 1.14 bits per heavy atom. The third kappa shape index (κ3) is 4.18. The molecule has 0 bridgehead atoms. The van der Waals surface area contributed by atoms with Crippen LogP contribution >= 0.6 is 11.3 Å². The molecule has 152 valence electrons. The van der Waals surface area contributed by atoms with Gasteiger partial charge in [0.2, 0.25) is 0 Å². The van der Waals surface area contributed by atoms with Gasteiger partial charge in [-0.15, -0.1) is 0 Å². The van der Waals surface area contributed by atoms with E-state index in [1.54, 1.807) is 29.2 Å². The van der Waals surface area contributed by atoms with Gasteiger partial charge in [-0.25, -0.2) is 9.37 Å². The van der Waals surface area contributed by atoms with Gasteiger partial charge in [-0.2, -0.15) is 0 Å². The fraction of sp³-hybridized carbons (Fsp3) is 0.333. The maximum Gasteiger partial charge on any atom is 0.260 e. The molecule has 3 aromatic rings. The molecule has 0 N–H and O–H groups in total. The highest BCUT2D eigenvalue weighted by molar-refractivity contribution is 7.22. The lowest BCUT2D eigenvalue weighted by Crippen LogP contribution is -2.33. The highest BCUT2D eigenvalue weighted by atomic mass is 32.1. The Hall–Kier alpha value is -2.71. The van der Waals surface area contributed by atoms with E-state index < -0.39 is 0 Å². The number of carbonyl (C=O) groups is 1. The first-order chi connectivity index (χ1) is 14.0. The Kier molecular flexibility index (Phi) is 5.64. The molecule has 2 heterocycles. The van der Waals surface area contributed by atoms with E-state index in [1.165, 1.54) is 17.4 Å². The van der Waals surface area contributed by atoms with E-state index in [9.17, 15) is 9.18 Å². The second kappa shape index (κ2) is 8.34. The number of hydrogen-bond donors (Lipinski definition) is 0. The number of hydrogen-bond acceptors (Lipinski definition) is 6. The number of halogens is 1. The van der Waals surface area contributed by atoms with E-state index in [2.05, 4.69) is 9.88 Å². The van der Waals surface area contributed by atoms with Crippen molar-refractivity contribution in [1.82, 2.24) is 9.88 Å². The molecule has 1 aromatic heterocycles. The van der Waals surface area contributed by atoms with Crippen LogP contribution in [0.3, 0.4) is 0 Å². The van der Waals surface area contributed by atoms with Gasteiger partial charge in [0.1, 0.15) is 24.5 Å². The van der Waals surface area contributed by atoms with Crippen LogP contribution < -0.4 is 14.4 Å². The normalized spacial score (nSPS) is 13.1. The van der Waals surface area contributed by atoms with Crippen molar-refractivity contribution in [1.29, 1.82) is 0 Å². The maximum absolute atomic E-state index is 14.1. The molecule has 29 heavy (non-hydrogen) atoms. The average molecular weight is 415 g/mol. The van der Waals surface area contributed by atoms with Crippen molar-refractivity contribution in [2.24, 2.45) is 0 Å². The lowest BCUT2D eigenvalue weighted by atomic mass is 10.1. The molecule has 6 nitrogen and oxygen atoms in total. The number of ether oxygens (including phenoxy) is 2. The van der Waals surface area contributed by atoms with Crippen LogP contribution in [-0.2, 0) is 0 Å². The number of rotatable bonds is 6. The largest absolute Gasteiger partial charge is 0.486 e. The van der Waals surface area contributed by atoms with Crippen LogP contribution in [0.4, 0.5) is 9.52 Å². The molecule has 1 amide bonds. The van der Waals surface area contributed by atoms with Gasteiger partial charge in [-0.3, -0.25) is 9.69 Å². The van der Waals surface area contributed by atoms with Gasteiger partial charge >= 0.3 is 0 Å². The first-order valence-corrected chi connectivity index (χ1v) is 10.3. The SMILES string of the molecule is CN(C)CCCN(C(=O)c1ccc2c(c1)OCCO2)c1nc2c(F)cccc2s1. The number of para-hydroxylation sites is 1. The van der Waals surface area contributed by atoms with Gasteiger partial charge in [0.15, 0.2) is 16.6 Å². The van der Waals surface area contributed by atoms with Gasteiger partial charge < -0.3 is 14.4 Å². The Labute approximate surface area is 172 Å². The third-order valence-electron chi connectivity index (χ3n) is 4.61. The number of nitrogens with zero attached hydrogens (tertiary/aromatic N) is 3. The molecule has 4 rings (SSSR count). The van der Waals surface area contributed by atoms with E-state index >= 15 is 0 Å². The van der Waals surface area contributed by atoms with E-state index in [-0.39, 0.29) is 11.7 Å². The zero-order valence-corrected chi connectivity index (χ0v) is 17.2. The highest BCUT2D eigenvalue weighted by Crippen LogP contribution is 2.34. The van der Waals surface area contributed by atoms with Crippen LogP contribution in [0, 0.1) is 5.82 Å². The van der Waals surface area contributed by atoms with Crippen LogP contribution in [0.25, 0.3) is 10.2 Å². The summed E-state index contributed by atoms with van der Waals surface area (Å²) in [5, 5.41) is 0.490. The number of aromatic nitrogens is 1. The van der Waals surface area contributed by atoms with Crippen LogP contribution in [0.15, 0.2) is 36.4 Å². The lowest BCUT2D eigenvalue weighted by Gasteiger charge is -2.23. The molecule has 0 unspecified atom stereocenters. The fourth-order valence-corrected chi connectivity index (χ4v) is 4.18. The smallest absolute Gasteiger partial charge is 0.260 e. The van der Waals surface area contributed by atoms with Gasteiger partial charge in [-0.05, 0) is 57.4 Å². The predicted molar refractivity (Wildman–Crippen MR) is 112 cm³/mol. The molecule has 0 spiro atoms. The first kappa shape index (κ1) is 19.6. The molecule has 8 heteroatoms. The molecule has 0 radical (unpaired) electrons. The maximum atomic E-state index is 14.1. The average Bonchev–Trinajstić information content (AvgIpc) is 3.15. The van der Waals surface area contributed by atoms with Crippen LogP contribution in [0.2, 0.25) is 0 Å². The van der Waals surface area contributed by atoms with E-state index in [0.29, 0.717) is 52.2 Å². The van der Waals surface area contributed by atoms with Crippen LogP contribution in [-0.4, -0.2) is 56.2 Å². The van der Waals surface area contributed by atoms with Gasteiger partial charge in [0, 0.05) is 12.1 Å². The Morgan fingerprint density at radius 3 is 2.69 bits per heavy atom. The van der Waals surface area contributed by atoms with E-state index in [1.807, 2.05) is 20.2 Å². The van der Waals surface area contributed by atoms with Crippen LogP contribution in [0.5, 0.6) is 11.5 Å².